The smallest absolute Gasteiger partial charge is 0.125 e. The maximum atomic E-state index is 13.0. The van der Waals surface area contributed by atoms with Crippen LogP contribution in [0.4, 0.5) is 10.1 Å². The van der Waals surface area contributed by atoms with Crippen molar-refractivity contribution in [3.8, 4) is 0 Å². The van der Waals surface area contributed by atoms with Crippen LogP contribution in [-0.4, -0.2) is 29.6 Å². The van der Waals surface area contributed by atoms with E-state index < -0.39 is 6.10 Å². The van der Waals surface area contributed by atoms with Crippen molar-refractivity contribution >= 4 is 21.6 Å². The summed E-state index contributed by atoms with van der Waals surface area (Å²) in [5.74, 6) is -0.251. The number of aliphatic hydroxyl groups excluding tert-OH is 1. The lowest BCUT2D eigenvalue weighted by molar-refractivity contribution is 0.206. The van der Waals surface area contributed by atoms with Gasteiger partial charge in [-0.3, -0.25) is 0 Å². The molecule has 1 aromatic carbocycles. The molecule has 0 aromatic heterocycles. The standard InChI is InChI=1S/C11H15BrFNO/c1-2-14(8-11(15)7-12)10-5-3-4-9(13)6-10/h3-6,11,15H,2,7-8H2,1H3. The molecule has 84 valence electrons. The Labute approximate surface area is 97.8 Å². The van der Waals surface area contributed by atoms with Crippen molar-refractivity contribution in [2.75, 3.05) is 23.3 Å². The topological polar surface area (TPSA) is 23.5 Å². The number of anilines is 1. The Bertz CT molecular complexity index is 308. The fourth-order valence-electron chi connectivity index (χ4n) is 1.39. The lowest BCUT2D eigenvalue weighted by Crippen LogP contribution is -2.33. The highest BCUT2D eigenvalue weighted by atomic mass is 79.9. The number of hydrogen-bond acceptors (Lipinski definition) is 2. The molecule has 1 N–H and O–H groups in total. The first-order valence-corrected chi connectivity index (χ1v) is 6.04. The van der Waals surface area contributed by atoms with Crippen molar-refractivity contribution in [2.45, 2.75) is 13.0 Å². The molecule has 0 aliphatic heterocycles. The molecule has 0 amide bonds. The van der Waals surface area contributed by atoms with Crippen LogP contribution in [0.3, 0.4) is 0 Å². The van der Waals surface area contributed by atoms with Gasteiger partial charge in [-0.05, 0) is 25.1 Å². The van der Waals surface area contributed by atoms with Crippen LogP contribution < -0.4 is 4.90 Å². The van der Waals surface area contributed by atoms with Gasteiger partial charge in [0.25, 0.3) is 0 Å². The third kappa shape index (κ3) is 3.80. The fourth-order valence-corrected chi connectivity index (χ4v) is 1.60. The first-order chi connectivity index (χ1) is 7.17. The first-order valence-electron chi connectivity index (χ1n) is 4.92. The van der Waals surface area contributed by atoms with Crippen molar-refractivity contribution in [1.29, 1.82) is 0 Å². The molecule has 0 aliphatic rings. The molecule has 0 heterocycles. The minimum absolute atomic E-state index is 0.251. The van der Waals surface area contributed by atoms with Crippen LogP contribution in [0, 0.1) is 5.82 Å². The molecular formula is C11H15BrFNO. The largest absolute Gasteiger partial charge is 0.390 e. The van der Waals surface area contributed by atoms with Crippen molar-refractivity contribution < 1.29 is 9.50 Å². The summed E-state index contributed by atoms with van der Waals surface area (Å²) in [6, 6.07) is 6.41. The van der Waals surface area contributed by atoms with Gasteiger partial charge in [0.2, 0.25) is 0 Å². The highest BCUT2D eigenvalue weighted by molar-refractivity contribution is 9.09. The number of aliphatic hydroxyl groups is 1. The Morgan fingerprint density at radius 1 is 1.53 bits per heavy atom. The number of halogens is 2. The molecule has 0 bridgehead atoms. The summed E-state index contributed by atoms with van der Waals surface area (Å²) in [4.78, 5) is 1.94. The van der Waals surface area contributed by atoms with Crippen LogP contribution in [0.5, 0.6) is 0 Å². The Balaban J connectivity index is 2.73. The van der Waals surface area contributed by atoms with Gasteiger partial charge in [-0.15, -0.1) is 0 Å². The van der Waals surface area contributed by atoms with Crippen LogP contribution in [0.1, 0.15) is 6.92 Å². The molecule has 0 saturated heterocycles. The van der Waals surface area contributed by atoms with E-state index in [0.29, 0.717) is 11.9 Å². The maximum absolute atomic E-state index is 13.0. The van der Waals surface area contributed by atoms with Crippen LogP contribution in [-0.2, 0) is 0 Å². The summed E-state index contributed by atoms with van der Waals surface area (Å²) in [6.07, 6.45) is -0.437. The first kappa shape index (κ1) is 12.5. The van der Waals surface area contributed by atoms with Crippen LogP contribution in [0.15, 0.2) is 24.3 Å². The molecule has 0 saturated carbocycles. The SMILES string of the molecule is CCN(CC(O)CBr)c1cccc(F)c1. The van der Waals surface area contributed by atoms with E-state index in [-0.39, 0.29) is 5.82 Å². The van der Waals surface area contributed by atoms with E-state index in [1.54, 1.807) is 6.07 Å². The molecule has 2 nitrogen and oxygen atoms in total. The molecule has 1 rings (SSSR count). The van der Waals surface area contributed by atoms with Gasteiger partial charge in [0.05, 0.1) is 6.10 Å². The highest BCUT2D eigenvalue weighted by Crippen LogP contribution is 2.15. The molecule has 15 heavy (non-hydrogen) atoms. The Hall–Kier alpha value is -0.610. The zero-order chi connectivity index (χ0) is 11.3. The molecule has 1 unspecified atom stereocenters. The predicted octanol–water partition coefficient (Wildman–Crippen LogP) is 2.41. The van der Waals surface area contributed by atoms with E-state index in [4.69, 9.17) is 0 Å². The van der Waals surface area contributed by atoms with E-state index in [9.17, 15) is 9.50 Å². The second-order valence-electron chi connectivity index (χ2n) is 3.33. The minimum Gasteiger partial charge on any atom is -0.390 e. The Morgan fingerprint density at radius 3 is 2.80 bits per heavy atom. The quantitative estimate of drug-likeness (QED) is 0.835. The lowest BCUT2D eigenvalue weighted by Gasteiger charge is -2.25. The van der Waals surface area contributed by atoms with E-state index in [0.717, 1.165) is 12.2 Å². The van der Waals surface area contributed by atoms with Crippen LogP contribution in [0.25, 0.3) is 0 Å². The zero-order valence-electron chi connectivity index (χ0n) is 8.66. The summed E-state index contributed by atoms with van der Waals surface area (Å²) in [5, 5.41) is 10.0. The highest BCUT2D eigenvalue weighted by Gasteiger charge is 2.10. The minimum atomic E-state index is -0.437. The van der Waals surface area contributed by atoms with Crippen LogP contribution in [0.2, 0.25) is 0 Å². The van der Waals surface area contributed by atoms with Gasteiger partial charge in [0.1, 0.15) is 5.82 Å². The van der Waals surface area contributed by atoms with Crippen molar-refractivity contribution in [1.82, 2.24) is 0 Å². The lowest BCUT2D eigenvalue weighted by atomic mass is 10.2. The van der Waals surface area contributed by atoms with Gasteiger partial charge in [0.15, 0.2) is 0 Å². The van der Waals surface area contributed by atoms with Crippen molar-refractivity contribution in [3.05, 3.63) is 30.1 Å². The molecular weight excluding hydrogens is 261 g/mol. The van der Waals surface area contributed by atoms with Gasteiger partial charge in [-0.25, -0.2) is 4.39 Å². The molecule has 0 fully saturated rings. The maximum Gasteiger partial charge on any atom is 0.125 e. The average Bonchev–Trinajstić information content (AvgIpc) is 2.25. The Morgan fingerprint density at radius 2 is 2.27 bits per heavy atom. The molecule has 1 aromatic rings. The number of hydrogen-bond donors (Lipinski definition) is 1. The number of rotatable bonds is 5. The molecule has 0 spiro atoms. The van der Waals surface area contributed by atoms with E-state index in [2.05, 4.69) is 15.9 Å². The second-order valence-corrected chi connectivity index (χ2v) is 3.97. The van der Waals surface area contributed by atoms with Gasteiger partial charge in [-0.1, -0.05) is 22.0 Å². The van der Waals surface area contributed by atoms with Crippen molar-refractivity contribution in [2.24, 2.45) is 0 Å². The van der Waals surface area contributed by atoms with E-state index >= 15 is 0 Å². The Kier molecular flexibility index (Phi) is 5.05. The molecule has 0 aliphatic carbocycles. The van der Waals surface area contributed by atoms with Crippen LogP contribution >= 0.6 is 15.9 Å². The van der Waals surface area contributed by atoms with E-state index in [1.807, 2.05) is 17.9 Å². The number of nitrogens with zero attached hydrogens (tertiary/aromatic N) is 1. The number of benzene rings is 1. The predicted molar refractivity (Wildman–Crippen MR) is 64.1 cm³/mol. The molecule has 0 radical (unpaired) electrons. The second kappa shape index (κ2) is 6.08. The van der Waals surface area contributed by atoms with Gasteiger partial charge < -0.3 is 10.0 Å². The van der Waals surface area contributed by atoms with Gasteiger partial charge in [0, 0.05) is 24.1 Å². The molecule has 1 atom stereocenters. The summed E-state index contributed by atoms with van der Waals surface area (Å²) in [6.45, 7) is 3.23. The normalized spacial score (nSPS) is 12.5. The summed E-state index contributed by atoms with van der Waals surface area (Å²) in [5.41, 5.74) is 0.803. The third-order valence-electron chi connectivity index (χ3n) is 2.16. The zero-order valence-corrected chi connectivity index (χ0v) is 10.2. The van der Waals surface area contributed by atoms with E-state index in [1.165, 1.54) is 12.1 Å². The van der Waals surface area contributed by atoms with Gasteiger partial charge >= 0.3 is 0 Å². The molecule has 4 heteroatoms. The summed E-state index contributed by atoms with van der Waals surface area (Å²) in [7, 11) is 0. The average molecular weight is 276 g/mol. The third-order valence-corrected chi connectivity index (χ3v) is 2.91. The van der Waals surface area contributed by atoms with Crippen molar-refractivity contribution in [3.63, 3.8) is 0 Å². The van der Waals surface area contributed by atoms with Gasteiger partial charge in [-0.2, -0.15) is 0 Å². The number of likely N-dealkylation sites (N-methyl/N-ethyl adjacent to an activating group) is 1. The fraction of sp³-hybridized carbons (Fsp3) is 0.455. The summed E-state index contributed by atoms with van der Waals surface area (Å²) < 4.78 is 13.0. The monoisotopic (exact) mass is 275 g/mol. The number of alkyl halides is 1. The summed E-state index contributed by atoms with van der Waals surface area (Å²) >= 11 is 3.21.